The van der Waals surface area contributed by atoms with Crippen molar-refractivity contribution in [2.45, 2.75) is 126 Å². The van der Waals surface area contributed by atoms with Crippen LogP contribution in [0.4, 0.5) is 13.2 Å². The molecule has 3 heterocycles. The summed E-state index contributed by atoms with van der Waals surface area (Å²) >= 11 is 0. The molecule has 2 amide bonds. The number of alkyl halides is 3. The number of amides is 2. The summed E-state index contributed by atoms with van der Waals surface area (Å²) in [4.78, 5) is 77.6. The fourth-order valence-corrected chi connectivity index (χ4v) is 9.98. The lowest BCUT2D eigenvalue weighted by Gasteiger charge is -2.50. The maximum absolute atomic E-state index is 15.8. The number of rotatable bonds is 15. The fraction of sp³-hybridized carbons (Fsp3) is 0.490. The van der Waals surface area contributed by atoms with E-state index in [1.54, 1.807) is 57.2 Å². The third-order valence-corrected chi connectivity index (χ3v) is 12.8. The van der Waals surface area contributed by atoms with E-state index in [9.17, 15) is 37.5 Å². The Labute approximate surface area is 385 Å². The molecule has 3 aliphatic heterocycles. The summed E-state index contributed by atoms with van der Waals surface area (Å²) in [5.41, 5.74) is 1.32. The van der Waals surface area contributed by atoms with Crippen molar-refractivity contribution in [1.29, 1.82) is 0 Å². The van der Waals surface area contributed by atoms with Crippen LogP contribution in [-0.2, 0) is 78.3 Å². The van der Waals surface area contributed by atoms with Crippen molar-refractivity contribution in [3.63, 3.8) is 0 Å². The highest BCUT2D eigenvalue weighted by Gasteiger charge is 2.77. The van der Waals surface area contributed by atoms with Gasteiger partial charge in [-0.2, -0.15) is 18.2 Å². The van der Waals surface area contributed by atoms with Crippen molar-refractivity contribution in [2.24, 2.45) is 5.41 Å². The summed E-state index contributed by atoms with van der Waals surface area (Å²) in [5, 5.41) is 14.6. The largest absolute Gasteiger partial charge is 0.460 e. The highest BCUT2D eigenvalue weighted by molar-refractivity contribution is 5.96. The molecule has 5 aliphatic rings. The Hall–Kier alpha value is -5.66. The molecule has 15 nitrogen and oxygen atoms in total. The van der Waals surface area contributed by atoms with Gasteiger partial charge in [0.05, 0.1) is 19.2 Å². The number of aliphatic hydroxyl groups excluding tert-OH is 1. The van der Waals surface area contributed by atoms with Gasteiger partial charge in [0.15, 0.2) is 18.4 Å². The van der Waals surface area contributed by atoms with Crippen molar-refractivity contribution >= 4 is 35.8 Å². The quantitative estimate of drug-likeness (QED) is 0.123. The Morgan fingerprint density at radius 1 is 0.955 bits per heavy atom. The summed E-state index contributed by atoms with van der Waals surface area (Å²) in [7, 11) is 1.49. The number of esters is 3. The van der Waals surface area contributed by atoms with Crippen molar-refractivity contribution in [2.75, 3.05) is 20.3 Å². The van der Waals surface area contributed by atoms with E-state index in [4.69, 9.17) is 23.8 Å². The van der Waals surface area contributed by atoms with Crippen molar-refractivity contribution < 1.29 is 70.8 Å². The van der Waals surface area contributed by atoms with Crippen LogP contribution in [0.25, 0.3) is 6.08 Å². The highest BCUT2D eigenvalue weighted by atomic mass is 19.4. The molecule has 8 rings (SSSR count). The number of benzene rings is 3. The Morgan fingerprint density at radius 3 is 2.30 bits per heavy atom. The maximum atomic E-state index is 15.8. The average Bonchev–Trinajstić information content (AvgIpc) is 3.95. The lowest BCUT2D eigenvalue weighted by molar-refractivity contribution is -0.218. The van der Waals surface area contributed by atoms with Crippen LogP contribution in [0.5, 0.6) is 0 Å². The first-order valence-corrected chi connectivity index (χ1v) is 22.3. The molecule has 67 heavy (non-hydrogen) atoms. The molecule has 2 aliphatic carbocycles. The van der Waals surface area contributed by atoms with E-state index in [2.05, 4.69) is 10.1 Å². The molecule has 2 N–H and O–H groups in total. The third kappa shape index (κ3) is 10.3. The van der Waals surface area contributed by atoms with Gasteiger partial charge in [0.2, 0.25) is 11.8 Å². The molecule has 2 bridgehead atoms. The topological polar surface area (TPSA) is 179 Å². The SMILES string of the molecule is CN(C(=O)[C@@]12C[C@H]3OC(=O)[C@@H]1N(Cc1cccc(C=CC(=O)OCC(F)(F)F)c1)O[C@@H]2[C@H]1OC2(Cc4ccccc4C2)O[C@H]13)[C@H](Cc1ccccc1)C(=O)N[C@H](CO)CCC(=O)OC(C)(C)C. The summed E-state index contributed by atoms with van der Waals surface area (Å²) in [6, 6.07) is 20.1. The Kier molecular flexibility index (Phi) is 13.4. The van der Waals surface area contributed by atoms with Crippen molar-refractivity contribution in [3.05, 3.63) is 113 Å². The van der Waals surface area contributed by atoms with E-state index in [-0.39, 0.29) is 32.2 Å². The van der Waals surface area contributed by atoms with Crippen LogP contribution in [0.1, 0.15) is 67.9 Å². The summed E-state index contributed by atoms with van der Waals surface area (Å²) < 4.78 is 67.4. The molecule has 0 radical (unpaired) electrons. The van der Waals surface area contributed by atoms with Gasteiger partial charge in [0, 0.05) is 45.2 Å². The molecule has 0 unspecified atom stereocenters. The molecular formula is C49H54F3N3O12. The molecule has 1 spiro atoms. The number of ether oxygens (including phenoxy) is 5. The van der Waals surface area contributed by atoms with E-state index < -0.39 is 108 Å². The molecule has 3 saturated heterocycles. The van der Waals surface area contributed by atoms with Crippen LogP contribution >= 0.6 is 0 Å². The zero-order valence-electron chi connectivity index (χ0n) is 37.5. The van der Waals surface area contributed by atoms with Crippen LogP contribution < -0.4 is 5.32 Å². The maximum Gasteiger partial charge on any atom is 0.422 e. The van der Waals surface area contributed by atoms with Gasteiger partial charge >= 0.3 is 24.1 Å². The minimum atomic E-state index is -4.69. The fourth-order valence-electron chi connectivity index (χ4n) is 9.98. The zero-order chi connectivity index (χ0) is 47.9. The number of nitrogens with one attached hydrogen (secondary N) is 1. The first kappa shape index (κ1) is 47.8. The lowest BCUT2D eigenvalue weighted by atomic mass is 9.62. The Morgan fingerprint density at radius 2 is 1.63 bits per heavy atom. The number of carbonyl (C=O) groups is 5. The second-order valence-electron chi connectivity index (χ2n) is 18.9. The number of likely N-dealkylation sites (N-methyl/N-ethyl adjacent to an activating group) is 1. The number of hydrogen-bond acceptors (Lipinski definition) is 13. The molecule has 1 saturated carbocycles. The second kappa shape index (κ2) is 18.8. The summed E-state index contributed by atoms with van der Waals surface area (Å²) in [6.45, 7) is 2.87. The number of hydroxylamine groups is 2. The average molecular weight is 934 g/mol. The summed E-state index contributed by atoms with van der Waals surface area (Å²) in [6.07, 6.45) is -5.56. The van der Waals surface area contributed by atoms with Gasteiger partial charge in [-0.3, -0.25) is 24.0 Å². The van der Waals surface area contributed by atoms with E-state index >= 15 is 4.79 Å². The monoisotopic (exact) mass is 933 g/mol. The van der Waals surface area contributed by atoms with Gasteiger partial charge in [-0.25, -0.2) is 4.79 Å². The molecule has 18 heteroatoms. The minimum absolute atomic E-state index is 0.0417. The molecular weight excluding hydrogens is 880 g/mol. The Bertz CT molecular complexity index is 2370. The molecule has 3 aromatic rings. The standard InChI is InChI=1S/C49H54F3N3O12/c1-46(2,3)64-38(58)20-18-34(27-56)53-43(59)35(22-29-11-6-5-7-12-29)54(4)45(61)48-25-36-39-40(66-47(65-39)23-32-15-8-9-16-33(32)24-47)42(48)67-55(41(48)44(60)63-36)26-31-14-10-13-30(21-31)17-19-37(57)62-28-49(50,51)52/h5-17,19,21,34-36,39-42,56H,18,20,22-28H2,1-4H3,(H,53,59)/t34-,35+,36+,39-,40-,41-,42+,48-/m0/s1. The van der Waals surface area contributed by atoms with Crippen LogP contribution in [0.15, 0.2) is 84.9 Å². The number of carbonyl (C=O) groups excluding carboxylic acids is 5. The number of hydrogen-bond donors (Lipinski definition) is 2. The first-order valence-electron chi connectivity index (χ1n) is 22.3. The molecule has 8 atom stereocenters. The van der Waals surface area contributed by atoms with Gasteiger partial charge in [0.1, 0.15) is 41.5 Å². The number of fused-ring (bicyclic) bond motifs is 5. The van der Waals surface area contributed by atoms with Gasteiger partial charge < -0.3 is 39.0 Å². The normalized spacial score (nSPS) is 25.8. The van der Waals surface area contributed by atoms with E-state index in [0.717, 1.165) is 22.8 Å². The third-order valence-electron chi connectivity index (χ3n) is 12.8. The molecule has 3 aromatic carbocycles. The van der Waals surface area contributed by atoms with Crippen LogP contribution in [0.2, 0.25) is 0 Å². The van der Waals surface area contributed by atoms with E-state index in [1.807, 2.05) is 42.5 Å². The predicted molar refractivity (Wildman–Crippen MR) is 231 cm³/mol. The van der Waals surface area contributed by atoms with Gasteiger partial charge in [0.25, 0.3) is 0 Å². The molecule has 358 valence electrons. The van der Waals surface area contributed by atoms with Gasteiger partial charge in [-0.15, -0.1) is 0 Å². The molecule has 0 aromatic heterocycles. The van der Waals surface area contributed by atoms with Crippen LogP contribution in [-0.4, -0.2) is 125 Å². The van der Waals surface area contributed by atoms with Crippen LogP contribution in [0, 0.1) is 5.41 Å². The predicted octanol–water partition coefficient (Wildman–Crippen LogP) is 4.55. The second-order valence-corrected chi connectivity index (χ2v) is 18.9. The molecule has 4 fully saturated rings. The minimum Gasteiger partial charge on any atom is -0.460 e. The number of aliphatic hydroxyl groups is 1. The first-order chi connectivity index (χ1) is 31.8. The lowest BCUT2D eigenvalue weighted by Crippen LogP contribution is -2.70. The van der Waals surface area contributed by atoms with E-state index in [1.165, 1.54) is 23.1 Å². The highest BCUT2D eigenvalue weighted by Crippen LogP contribution is 2.59. The van der Waals surface area contributed by atoms with Crippen molar-refractivity contribution in [1.82, 2.24) is 15.3 Å². The van der Waals surface area contributed by atoms with E-state index in [0.29, 0.717) is 24.0 Å². The Balaban J connectivity index is 1.11. The zero-order valence-corrected chi connectivity index (χ0v) is 37.5. The van der Waals surface area contributed by atoms with Gasteiger partial charge in [-0.05, 0) is 61.1 Å². The smallest absolute Gasteiger partial charge is 0.422 e. The van der Waals surface area contributed by atoms with Crippen LogP contribution in [0.3, 0.4) is 0 Å². The van der Waals surface area contributed by atoms with Gasteiger partial charge in [-0.1, -0.05) is 78.9 Å². The number of halogens is 3. The summed E-state index contributed by atoms with van der Waals surface area (Å²) in [5.74, 6) is -4.79. The van der Waals surface area contributed by atoms with Crippen molar-refractivity contribution in [3.8, 4) is 0 Å². The number of nitrogens with zero attached hydrogens (tertiary/aromatic N) is 2.